The molecule has 3 amide bonds. The number of fused-ring (bicyclic) bond motifs is 1. The molecule has 9 nitrogen and oxygen atoms in total. The van der Waals surface area contributed by atoms with Crippen molar-refractivity contribution in [2.75, 3.05) is 49.8 Å². The number of ether oxygens (including phenoxy) is 1. The predicted molar refractivity (Wildman–Crippen MR) is 157 cm³/mol. The summed E-state index contributed by atoms with van der Waals surface area (Å²) in [6, 6.07) is 22.2. The number of hydrogen-bond donors (Lipinski definition) is 3. The number of nitrogens with one attached hydrogen (secondary N) is 3. The lowest BCUT2D eigenvalue weighted by atomic mass is 9.99. The quantitative estimate of drug-likeness (QED) is 0.311. The highest BCUT2D eigenvalue weighted by Gasteiger charge is 2.29. The van der Waals surface area contributed by atoms with Gasteiger partial charge in [-0.05, 0) is 74.9 Å². The van der Waals surface area contributed by atoms with E-state index in [0.717, 1.165) is 42.9 Å². The van der Waals surface area contributed by atoms with E-state index in [9.17, 15) is 14.4 Å². The summed E-state index contributed by atoms with van der Waals surface area (Å²) in [5.74, 6) is -0.744. The Kier molecular flexibility index (Phi) is 7.84. The zero-order valence-corrected chi connectivity index (χ0v) is 22.9. The number of carbonyl (C=O) groups is 3. The summed E-state index contributed by atoms with van der Waals surface area (Å²) < 4.78 is 4.82. The van der Waals surface area contributed by atoms with E-state index in [-0.39, 0.29) is 18.0 Å². The van der Waals surface area contributed by atoms with E-state index >= 15 is 0 Å². The van der Waals surface area contributed by atoms with E-state index in [0.29, 0.717) is 28.1 Å². The van der Waals surface area contributed by atoms with Gasteiger partial charge in [0.1, 0.15) is 0 Å². The first-order chi connectivity index (χ1) is 19.3. The molecule has 5 rings (SSSR count). The predicted octanol–water partition coefficient (Wildman–Crippen LogP) is 4.65. The average Bonchev–Trinajstić information content (AvgIpc) is 3.31. The fourth-order valence-corrected chi connectivity index (χ4v) is 5.00. The number of nitrogens with zero attached hydrogens (tertiary/aromatic N) is 2. The molecule has 0 aromatic heterocycles. The number of esters is 1. The summed E-state index contributed by atoms with van der Waals surface area (Å²) in [7, 11) is 5.17. The van der Waals surface area contributed by atoms with Crippen molar-refractivity contribution in [1.82, 2.24) is 10.2 Å². The lowest BCUT2D eigenvalue weighted by Crippen LogP contribution is -2.47. The molecule has 0 saturated carbocycles. The Labute approximate surface area is 233 Å². The van der Waals surface area contributed by atoms with Gasteiger partial charge in [-0.1, -0.05) is 36.4 Å². The van der Waals surface area contributed by atoms with Crippen molar-refractivity contribution in [2.45, 2.75) is 18.9 Å². The Morgan fingerprint density at radius 2 is 1.68 bits per heavy atom. The standard InChI is InChI=1S/C31H33N5O4/c1-35-17-15-23(16-18-35)33-31(39)36(2)24-12-10-22(11-13-24)32-28(20-7-5-4-6-8-20)27-25-14-9-21(30(38)40-3)19-26(25)34-29(27)37/h4-14,19,23,32H,15-18H2,1-3H3,(H,33,39)(H,34,37)/b28-27-. The van der Waals surface area contributed by atoms with Gasteiger partial charge in [-0.15, -0.1) is 0 Å². The highest BCUT2D eigenvalue weighted by Crippen LogP contribution is 2.38. The lowest BCUT2D eigenvalue weighted by Gasteiger charge is -2.31. The molecule has 40 heavy (non-hydrogen) atoms. The van der Waals surface area contributed by atoms with Gasteiger partial charge in [0.25, 0.3) is 5.91 Å². The molecule has 0 aliphatic carbocycles. The third-order valence-electron chi connectivity index (χ3n) is 7.37. The van der Waals surface area contributed by atoms with Crippen molar-refractivity contribution < 1.29 is 19.1 Å². The number of likely N-dealkylation sites (tertiary alicyclic amines) is 1. The largest absolute Gasteiger partial charge is 0.465 e. The van der Waals surface area contributed by atoms with Crippen molar-refractivity contribution in [3.05, 3.63) is 89.5 Å². The fraction of sp³-hybridized carbons (Fsp3) is 0.258. The normalized spacial score (nSPS) is 16.5. The van der Waals surface area contributed by atoms with E-state index in [2.05, 4.69) is 27.9 Å². The molecule has 1 fully saturated rings. The monoisotopic (exact) mass is 539 g/mol. The van der Waals surface area contributed by atoms with Crippen molar-refractivity contribution in [3.63, 3.8) is 0 Å². The van der Waals surface area contributed by atoms with Gasteiger partial charge in [0.2, 0.25) is 0 Å². The van der Waals surface area contributed by atoms with Crippen LogP contribution in [0, 0.1) is 0 Å². The number of amides is 3. The summed E-state index contributed by atoms with van der Waals surface area (Å²) in [4.78, 5) is 42.0. The molecule has 0 atom stereocenters. The smallest absolute Gasteiger partial charge is 0.337 e. The van der Waals surface area contributed by atoms with Gasteiger partial charge in [-0.25, -0.2) is 9.59 Å². The maximum absolute atomic E-state index is 13.2. The average molecular weight is 540 g/mol. The zero-order valence-electron chi connectivity index (χ0n) is 22.9. The van der Waals surface area contributed by atoms with Crippen LogP contribution in [0.4, 0.5) is 21.9 Å². The number of anilines is 3. The minimum Gasteiger partial charge on any atom is -0.465 e. The molecule has 0 unspecified atom stereocenters. The molecular weight excluding hydrogens is 506 g/mol. The van der Waals surface area contributed by atoms with Gasteiger partial charge in [-0.2, -0.15) is 0 Å². The SMILES string of the molecule is COC(=O)c1ccc2c(c1)NC(=O)/C2=C(\Nc1ccc(N(C)C(=O)NC2CCN(C)CC2)cc1)c1ccccc1. The van der Waals surface area contributed by atoms with Crippen molar-refractivity contribution in [3.8, 4) is 0 Å². The summed E-state index contributed by atoms with van der Waals surface area (Å²) >= 11 is 0. The third-order valence-corrected chi connectivity index (χ3v) is 7.37. The lowest BCUT2D eigenvalue weighted by molar-refractivity contribution is -0.110. The van der Waals surface area contributed by atoms with Crippen LogP contribution in [0.15, 0.2) is 72.8 Å². The van der Waals surface area contributed by atoms with Gasteiger partial charge in [0.15, 0.2) is 0 Å². The zero-order chi connectivity index (χ0) is 28.2. The van der Waals surface area contributed by atoms with E-state index in [1.165, 1.54) is 7.11 Å². The maximum Gasteiger partial charge on any atom is 0.337 e. The molecule has 3 aromatic carbocycles. The topological polar surface area (TPSA) is 103 Å². The van der Waals surface area contributed by atoms with Crippen LogP contribution in [0.2, 0.25) is 0 Å². The van der Waals surface area contributed by atoms with Gasteiger partial charge < -0.3 is 25.6 Å². The van der Waals surface area contributed by atoms with Crippen molar-refractivity contribution in [1.29, 1.82) is 0 Å². The van der Waals surface area contributed by atoms with Crippen molar-refractivity contribution in [2.24, 2.45) is 0 Å². The van der Waals surface area contributed by atoms with Gasteiger partial charge in [0, 0.05) is 30.0 Å². The first-order valence-corrected chi connectivity index (χ1v) is 13.3. The van der Waals surface area contributed by atoms with E-state index in [1.54, 1.807) is 30.1 Å². The highest BCUT2D eigenvalue weighted by atomic mass is 16.5. The number of hydrogen-bond acceptors (Lipinski definition) is 6. The molecule has 1 saturated heterocycles. The molecule has 3 aromatic rings. The van der Waals surface area contributed by atoms with Crippen LogP contribution in [-0.2, 0) is 9.53 Å². The van der Waals surface area contributed by atoms with Crippen LogP contribution >= 0.6 is 0 Å². The first kappa shape index (κ1) is 27.0. The Balaban J connectivity index is 1.40. The number of piperidine rings is 1. The fourth-order valence-electron chi connectivity index (χ4n) is 5.00. The molecule has 206 valence electrons. The second-order valence-corrected chi connectivity index (χ2v) is 10.1. The molecule has 0 spiro atoms. The summed E-state index contributed by atoms with van der Waals surface area (Å²) in [6.07, 6.45) is 1.88. The first-order valence-electron chi connectivity index (χ1n) is 13.3. The molecule has 0 radical (unpaired) electrons. The second kappa shape index (κ2) is 11.6. The van der Waals surface area contributed by atoms with Gasteiger partial charge in [-0.3, -0.25) is 9.69 Å². The molecule has 0 bridgehead atoms. The van der Waals surface area contributed by atoms with Crippen LogP contribution < -0.4 is 20.9 Å². The minimum absolute atomic E-state index is 0.132. The Hall–Kier alpha value is -4.63. The van der Waals surface area contributed by atoms with Crippen LogP contribution in [-0.4, -0.2) is 63.1 Å². The Morgan fingerprint density at radius 3 is 2.35 bits per heavy atom. The third kappa shape index (κ3) is 5.69. The Morgan fingerprint density at radius 1 is 0.975 bits per heavy atom. The summed E-state index contributed by atoms with van der Waals surface area (Å²) in [6.45, 7) is 1.95. The number of carbonyl (C=O) groups excluding carboxylic acids is 3. The maximum atomic E-state index is 13.2. The van der Waals surface area contributed by atoms with Crippen molar-refractivity contribution >= 4 is 46.2 Å². The van der Waals surface area contributed by atoms with E-state index in [1.807, 2.05) is 54.6 Å². The summed E-state index contributed by atoms with van der Waals surface area (Å²) in [5, 5.41) is 9.44. The van der Waals surface area contributed by atoms with Gasteiger partial charge >= 0.3 is 12.0 Å². The van der Waals surface area contributed by atoms with E-state index < -0.39 is 5.97 Å². The number of methoxy groups -OCH3 is 1. The molecule has 3 N–H and O–H groups in total. The number of rotatable bonds is 6. The van der Waals surface area contributed by atoms with Gasteiger partial charge in [0.05, 0.1) is 29.6 Å². The molecule has 2 heterocycles. The molecule has 9 heteroatoms. The molecular formula is C31H33N5O4. The second-order valence-electron chi connectivity index (χ2n) is 10.1. The van der Waals surface area contributed by atoms with E-state index in [4.69, 9.17) is 4.74 Å². The highest BCUT2D eigenvalue weighted by molar-refractivity contribution is 6.37. The number of benzene rings is 3. The number of urea groups is 1. The van der Waals surface area contributed by atoms with Crippen LogP contribution in [0.1, 0.15) is 34.3 Å². The minimum atomic E-state index is -0.471. The van der Waals surface area contributed by atoms with Crippen LogP contribution in [0.3, 0.4) is 0 Å². The van der Waals surface area contributed by atoms with Crippen LogP contribution in [0.5, 0.6) is 0 Å². The molecule has 2 aliphatic heterocycles. The summed E-state index contributed by atoms with van der Waals surface area (Å²) in [5.41, 5.74) is 5.03. The molecule has 2 aliphatic rings. The Bertz CT molecular complexity index is 1440. The van der Waals surface area contributed by atoms with Crippen LogP contribution in [0.25, 0.3) is 11.3 Å².